The highest BCUT2D eigenvalue weighted by Gasteiger charge is 2.05. The van der Waals surface area contributed by atoms with Gasteiger partial charge in [0.25, 0.3) is 0 Å². The van der Waals surface area contributed by atoms with E-state index in [0.717, 1.165) is 23.3 Å². The monoisotopic (exact) mass is 206 g/mol. The van der Waals surface area contributed by atoms with Crippen molar-refractivity contribution in [3.8, 4) is 5.75 Å². The van der Waals surface area contributed by atoms with E-state index in [4.69, 9.17) is 4.74 Å². The van der Waals surface area contributed by atoms with Crippen LogP contribution in [0.15, 0.2) is 25.0 Å². The third-order valence-electron chi connectivity index (χ3n) is 2.40. The van der Waals surface area contributed by atoms with Crippen molar-refractivity contribution >= 4 is 5.57 Å². The highest BCUT2D eigenvalue weighted by atomic mass is 16.5. The fraction of sp³-hybridized carbons (Fsp3) is 0.417. The molecule has 0 spiro atoms. The maximum absolute atomic E-state index is 5.12. The summed E-state index contributed by atoms with van der Waals surface area (Å²) in [7, 11) is 3.58. The molecule has 1 aromatic rings. The van der Waals surface area contributed by atoms with Gasteiger partial charge in [-0.1, -0.05) is 6.58 Å². The molecule has 82 valence electrons. The predicted octanol–water partition coefficient (Wildman–Crippen LogP) is 2.10. The standard InChI is InChI=1S/C12H18N2O/c1-9(5-10(2)13-3)11-6-12(15-4)8-14-7-11/h6-8,10,13H,1,5H2,2-4H3/t10-/m0/s1. The lowest BCUT2D eigenvalue weighted by Crippen LogP contribution is -2.21. The molecule has 1 N–H and O–H groups in total. The van der Waals surface area contributed by atoms with Crippen molar-refractivity contribution in [1.29, 1.82) is 0 Å². The molecular weight excluding hydrogens is 188 g/mol. The molecule has 3 heteroatoms. The lowest BCUT2D eigenvalue weighted by Gasteiger charge is -2.12. The Balaban J connectivity index is 2.73. The van der Waals surface area contributed by atoms with Crippen LogP contribution < -0.4 is 10.1 Å². The van der Waals surface area contributed by atoms with Crippen molar-refractivity contribution in [1.82, 2.24) is 10.3 Å². The smallest absolute Gasteiger partial charge is 0.137 e. The number of rotatable bonds is 5. The van der Waals surface area contributed by atoms with Gasteiger partial charge in [-0.25, -0.2) is 0 Å². The average Bonchev–Trinajstić information content (AvgIpc) is 2.28. The first-order chi connectivity index (χ1) is 7.17. The summed E-state index contributed by atoms with van der Waals surface area (Å²) in [6.07, 6.45) is 4.41. The Labute approximate surface area is 91.2 Å². The van der Waals surface area contributed by atoms with Crippen LogP contribution in [0.1, 0.15) is 18.9 Å². The quantitative estimate of drug-likeness (QED) is 0.801. The van der Waals surface area contributed by atoms with Crippen LogP contribution in [0.25, 0.3) is 5.57 Å². The van der Waals surface area contributed by atoms with Crippen LogP contribution in [0.2, 0.25) is 0 Å². The Morgan fingerprint density at radius 3 is 2.93 bits per heavy atom. The third-order valence-corrected chi connectivity index (χ3v) is 2.40. The highest BCUT2D eigenvalue weighted by molar-refractivity contribution is 5.64. The van der Waals surface area contributed by atoms with E-state index in [9.17, 15) is 0 Å². The summed E-state index contributed by atoms with van der Waals surface area (Å²) in [4.78, 5) is 4.10. The molecule has 1 heterocycles. The van der Waals surface area contributed by atoms with Gasteiger partial charge in [0.05, 0.1) is 13.3 Å². The van der Waals surface area contributed by atoms with E-state index in [1.54, 1.807) is 13.3 Å². The minimum atomic E-state index is 0.420. The van der Waals surface area contributed by atoms with Crippen molar-refractivity contribution in [2.24, 2.45) is 0 Å². The maximum Gasteiger partial charge on any atom is 0.137 e. The van der Waals surface area contributed by atoms with Gasteiger partial charge in [-0.15, -0.1) is 0 Å². The van der Waals surface area contributed by atoms with Gasteiger partial charge in [-0.05, 0) is 37.6 Å². The van der Waals surface area contributed by atoms with E-state index in [2.05, 4.69) is 23.8 Å². The molecule has 0 aromatic carbocycles. The molecule has 0 aliphatic heterocycles. The molecule has 0 bridgehead atoms. The van der Waals surface area contributed by atoms with Gasteiger partial charge in [-0.2, -0.15) is 0 Å². The summed E-state index contributed by atoms with van der Waals surface area (Å²) in [5.41, 5.74) is 2.11. The van der Waals surface area contributed by atoms with Gasteiger partial charge in [0.1, 0.15) is 5.75 Å². The molecule has 3 nitrogen and oxygen atoms in total. The second-order valence-corrected chi connectivity index (χ2v) is 3.61. The van der Waals surface area contributed by atoms with Gasteiger partial charge in [0.15, 0.2) is 0 Å². The first-order valence-corrected chi connectivity index (χ1v) is 5.01. The summed E-state index contributed by atoms with van der Waals surface area (Å²) < 4.78 is 5.12. The number of nitrogens with zero attached hydrogens (tertiary/aromatic N) is 1. The van der Waals surface area contributed by atoms with Crippen molar-refractivity contribution in [2.75, 3.05) is 14.2 Å². The van der Waals surface area contributed by atoms with E-state index >= 15 is 0 Å². The Kier molecular flexibility index (Phi) is 4.31. The number of nitrogens with one attached hydrogen (secondary N) is 1. The molecule has 1 atom stereocenters. The largest absolute Gasteiger partial charge is 0.495 e. The number of hydrogen-bond acceptors (Lipinski definition) is 3. The Bertz CT molecular complexity index is 336. The molecule has 0 saturated heterocycles. The maximum atomic E-state index is 5.12. The molecule has 1 rings (SSSR count). The van der Waals surface area contributed by atoms with E-state index in [-0.39, 0.29) is 0 Å². The van der Waals surface area contributed by atoms with Crippen LogP contribution in [0, 0.1) is 0 Å². The molecule has 15 heavy (non-hydrogen) atoms. The van der Waals surface area contributed by atoms with Crippen LogP contribution in [-0.4, -0.2) is 25.2 Å². The highest BCUT2D eigenvalue weighted by Crippen LogP contribution is 2.20. The number of pyridine rings is 1. The van der Waals surface area contributed by atoms with Crippen molar-refractivity contribution in [3.63, 3.8) is 0 Å². The zero-order valence-electron chi connectivity index (χ0n) is 9.58. The Morgan fingerprint density at radius 2 is 2.33 bits per heavy atom. The second-order valence-electron chi connectivity index (χ2n) is 3.61. The number of methoxy groups -OCH3 is 1. The van der Waals surface area contributed by atoms with Gasteiger partial charge in [0.2, 0.25) is 0 Å². The molecule has 0 aliphatic rings. The molecule has 0 saturated carbocycles. The van der Waals surface area contributed by atoms with Gasteiger partial charge in [-0.3, -0.25) is 4.98 Å². The normalized spacial score (nSPS) is 12.2. The zero-order valence-corrected chi connectivity index (χ0v) is 9.58. The molecule has 0 unspecified atom stereocenters. The first-order valence-electron chi connectivity index (χ1n) is 5.01. The van der Waals surface area contributed by atoms with Crippen molar-refractivity contribution in [3.05, 3.63) is 30.6 Å². The van der Waals surface area contributed by atoms with Crippen LogP contribution in [0.3, 0.4) is 0 Å². The molecule has 0 radical (unpaired) electrons. The fourth-order valence-corrected chi connectivity index (χ4v) is 1.31. The van der Waals surface area contributed by atoms with Crippen molar-refractivity contribution in [2.45, 2.75) is 19.4 Å². The topological polar surface area (TPSA) is 34.2 Å². The SMILES string of the molecule is C=C(C[C@H](C)NC)c1cncc(OC)c1. The molecule has 1 aromatic heterocycles. The minimum absolute atomic E-state index is 0.420. The first kappa shape index (κ1) is 11.7. The summed E-state index contributed by atoms with van der Waals surface area (Å²) in [5.74, 6) is 0.769. The average molecular weight is 206 g/mol. The zero-order chi connectivity index (χ0) is 11.3. The molecule has 0 aliphatic carbocycles. The van der Waals surface area contributed by atoms with Crippen LogP contribution >= 0.6 is 0 Å². The number of hydrogen-bond donors (Lipinski definition) is 1. The lowest BCUT2D eigenvalue weighted by atomic mass is 10.0. The Hall–Kier alpha value is -1.35. The third kappa shape index (κ3) is 3.36. The van der Waals surface area contributed by atoms with Gasteiger partial charge >= 0.3 is 0 Å². The van der Waals surface area contributed by atoms with Crippen LogP contribution in [0.5, 0.6) is 5.75 Å². The predicted molar refractivity (Wildman–Crippen MR) is 63.0 cm³/mol. The van der Waals surface area contributed by atoms with Gasteiger partial charge in [0, 0.05) is 12.2 Å². The summed E-state index contributed by atoms with van der Waals surface area (Å²) in [6.45, 7) is 6.18. The van der Waals surface area contributed by atoms with Crippen molar-refractivity contribution < 1.29 is 4.74 Å². The van der Waals surface area contributed by atoms with E-state index in [1.165, 1.54) is 0 Å². The molecular formula is C12H18N2O. The van der Waals surface area contributed by atoms with E-state index in [0.29, 0.717) is 6.04 Å². The summed E-state index contributed by atoms with van der Waals surface area (Å²) in [5, 5.41) is 3.18. The number of aromatic nitrogens is 1. The van der Waals surface area contributed by atoms with Crippen LogP contribution in [-0.2, 0) is 0 Å². The minimum Gasteiger partial charge on any atom is -0.495 e. The second kappa shape index (κ2) is 5.51. The molecule has 0 fully saturated rings. The number of ether oxygens (including phenoxy) is 1. The lowest BCUT2D eigenvalue weighted by molar-refractivity contribution is 0.412. The van der Waals surface area contributed by atoms with Crippen LogP contribution in [0.4, 0.5) is 0 Å². The summed E-state index contributed by atoms with van der Waals surface area (Å²) in [6, 6.07) is 2.38. The van der Waals surface area contributed by atoms with E-state index in [1.807, 2.05) is 19.3 Å². The fourth-order valence-electron chi connectivity index (χ4n) is 1.31. The summed E-state index contributed by atoms with van der Waals surface area (Å²) >= 11 is 0. The van der Waals surface area contributed by atoms with Gasteiger partial charge < -0.3 is 10.1 Å². The molecule has 0 amide bonds. The van der Waals surface area contributed by atoms with E-state index < -0.39 is 0 Å². The Morgan fingerprint density at radius 1 is 1.60 bits per heavy atom.